The van der Waals surface area contributed by atoms with Crippen LogP contribution in [0.15, 0.2) is 0 Å². The van der Waals surface area contributed by atoms with E-state index in [4.69, 9.17) is 4.74 Å². The first-order valence-corrected chi connectivity index (χ1v) is 8.06. The molecule has 4 heteroatoms. The number of hydrogen-bond donors (Lipinski definition) is 1. The normalized spacial score (nSPS) is 19.2. The molecule has 0 unspecified atom stereocenters. The fraction of sp³-hybridized carbons (Fsp3) is 0.938. The van der Waals surface area contributed by atoms with Crippen molar-refractivity contribution in [3.8, 4) is 0 Å². The fourth-order valence-electron chi connectivity index (χ4n) is 2.78. The largest absolute Gasteiger partial charge is 0.379 e. The van der Waals surface area contributed by atoms with Gasteiger partial charge in [0.1, 0.15) is 0 Å². The Balaban J connectivity index is 2.20. The smallest absolute Gasteiger partial charge is 0.234 e. The van der Waals surface area contributed by atoms with Crippen LogP contribution in [0.4, 0.5) is 0 Å². The minimum Gasteiger partial charge on any atom is -0.379 e. The number of likely N-dealkylation sites (tertiary alicyclic amines) is 1. The molecule has 1 N–H and O–H groups in total. The van der Waals surface area contributed by atoms with Crippen LogP contribution in [0, 0.1) is 5.41 Å². The molecule has 1 heterocycles. The van der Waals surface area contributed by atoms with E-state index < -0.39 is 0 Å². The second-order valence-corrected chi connectivity index (χ2v) is 6.56. The molecule has 0 spiro atoms. The zero-order valence-corrected chi connectivity index (χ0v) is 13.7. The molecule has 0 bridgehead atoms. The molecule has 1 amide bonds. The van der Waals surface area contributed by atoms with Crippen molar-refractivity contribution in [2.45, 2.75) is 59.5 Å². The van der Waals surface area contributed by atoms with Crippen molar-refractivity contribution in [1.82, 2.24) is 10.2 Å². The van der Waals surface area contributed by atoms with Crippen LogP contribution < -0.4 is 5.32 Å². The van der Waals surface area contributed by atoms with Gasteiger partial charge in [-0.25, -0.2) is 0 Å². The SMILES string of the molecule is CCNC(=O)CN1CCC(C)(CCCOC(C)C)CC1. The van der Waals surface area contributed by atoms with Gasteiger partial charge in [0, 0.05) is 13.2 Å². The Morgan fingerprint density at radius 2 is 2.00 bits per heavy atom. The van der Waals surface area contributed by atoms with E-state index in [9.17, 15) is 4.79 Å². The third-order valence-corrected chi connectivity index (χ3v) is 4.18. The Morgan fingerprint density at radius 3 is 2.55 bits per heavy atom. The highest BCUT2D eigenvalue weighted by atomic mass is 16.5. The van der Waals surface area contributed by atoms with E-state index in [1.807, 2.05) is 6.92 Å². The van der Waals surface area contributed by atoms with Crippen LogP contribution in [0.25, 0.3) is 0 Å². The number of likely N-dealkylation sites (N-methyl/N-ethyl adjacent to an activating group) is 1. The molecule has 118 valence electrons. The molecule has 1 aliphatic rings. The third-order valence-electron chi connectivity index (χ3n) is 4.18. The molecule has 0 saturated carbocycles. The minimum absolute atomic E-state index is 0.154. The lowest BCUT2D eigenvalue weighted by Gasteiger charge is -2.39. The Labute approximate surface area is 124 Å². The molecular weight excluding hydrogens is 252 g/mol. The first-order valence-electron chi connectivity index (χ1n) is 8.06. The lowest BCUT2D eigenvalue weighted by Crippen LogP contribution is -2.44. The number of piperidine rings is 1. The van der Waals surface area contributed by atoms with Crippen molar-refractivity contribution in [3.05, 3.63) is 0 Å². The van der Waals surface area contributed by atoms with Gasteiger partial charge in [-0.2, -0.15) is 0 Å². The average molecular weight is 284 g/mol. The molecule has 0 aromatic heterocycles. The summed E-state index contributed by atoms with van der Waals surface area (Å²) in [6, 6.07) is 0. The summed E-state index contributed by atoms with van der Waals surface area (Å²) >= 11 is 0. The number of nitrogens with zero attached hydrogens (tertiary/aromatic N) is 1. The van der Waals surface area contributed by atoms with Crippen molar-refractivity contribution in [2.75, 3.05) is 32.8 Å². The van der Waals surface area contributed by atoms with E-state index in [0.717, 1.165) is 32.7 Å². The molecule has 1 fully saturated rings. The van der Waals surface area contributed by atoms with E-state index in [0.29, 0.717) is 18.1 Å². The number of rotatable bonds is 8. The monoisotopic (exact) mass is 284 g/mol. The predicted molar refractivity (Wildman–Crippen MR) is 82.8 cm³/mol. The van der Waals surface area contributed by atoms with Gasteiger partial charge in [0.2, 0.25) is 5.91 Å². The van der Waals surface area contributed by atoms with Gasteiger partial charge in [-0.15, -0.1) is 0 Å². The van der Waals surface area contributed by atoms with Gasteiger partial charge >= 0.3 is 0 Å². The molecule has 1 rings (SSSR count). The van der Waals surface area contributed by atoms with E-state index in [-0.39, 0.29) is 5.91 Å². The zero-order valence-electron chi connectivity index (χ0n) is 13.7. The number of ether oxygens (including phenoxy) is 1. The van der Waals surface area contributed by atoms with Crippen LogP contribution in [-0.2, 0) is 9.53 Å². The first kappa shape index (κ1) is 17.4. The summed E-state index contributed by atoms with van der Waals surface area (Å²) in [5, 5.41) is 2.87. The Bertz CT molecular complexity index is 284. The molecule has 1 saturated heterocycles. The first-order chi connectivity index (χ1) is 9.45. The summed E-state index contributed by atoms with van der Waals surface area (Å²) in [6.07, 6.45) is 5.09. The predicted octanol–water partition coefficient (Wildman–Crippen LogP) is 2.43. The van der Waals surface area contributed by atoms with Gasteiger partial charge in [0.15, 0.2) is 0 Å². The van der Waals surface area contributed by atoms with Crippen LogP contribution >= 0.6 is 0 Å². The quantitative estimate of drug-likeness (QED) is 0.696. The lowest BCUT2D eigenvalue weighted by atomic mass is 9.77. The Morgan fingerprint density at radius 1 is 1.35 bits per heavy atom. The fourth-order valence-corrected chi connectivity index (χ4v) is 2.78. The van der Waals surface area contributed by atoms with Crippen LogP contribution in [0.2, 0.25) is 0 Å². The second-order valence-electron chi connectivity index (χ2n) is 6.56. The average Bonchev–Trinajstić information content (AvgIpc) is 2.38. The highest BCUT2D eigenvalue weighted by Crippen LogP contribution is 2.35. The summed E-state index contributed by atoms with van der Waals surface area (Å²) in [5.41, 5.74) is 0.429. The standard InChI is InChI=1S/C16H32N2O2/c1-5-17-15(19)13-18-10-8-16(4,9-11-18)7-6-12-20-14(2)3/h14H,5-13H2,1-4H3,(H,17,19). The maximum atomic E-state index is 11.6. The number of hydrogen-bond acceptors (Lipinski definition) is 3. The highest BCUT2D eigenvalue weighted by Gasteiger charge is 2.30. The van der Waals surface area contributed by atoms with Gasteiger partial charge < -0.3 is 10.1 Å². The molecule has 0 radical (unpaired) electrons. The summed E-state index contributed by atoms with van der Waals surface area (Å²) < 4.78 is 5.62. The lowest BCUT2D eigenvalue weighted by molar-refractivity contribution is -0.122. The van der Waals surface area contributed by atoms with Gasteiger partial charge in [-0.3, -0.25) is 9.69 Å². The second kappa shape index (κ2) is 8.63. The maximum absolute atomic E-state index is 11.6. The summed E-state index contributed by atoms with van der Waals surface area (Å²) in [4.78, 5) is 13.9. The van der Waals surface area contributed by atoms with Crippen LogP contribution in [0.1, 0.15) is 53.4 Å². The molecule has 0 atom stereocenters. The molecule has 20 heavy (non-hydrogen) atoms. The molecule has 4 nitrogen and oxygen atoms in total. The number of carbonyl (C=O) groups is 1. The van der Waals surface area contributed by atoms with Crippen LogP contribution in [-0.4, -0.2) is 49.7 Å². The molecule has 0 aromatic carbocycles. The molecule has 0 aromatic rings. The maximum Gasteiger partial charge on any atom is 0.234 e. The van der Waals surface area contributed by atoms with Crippen molar-refractivity contribution in [1.29, 1.82) is 0 Å². The number of amides is 1. The topological polar surface area (TPSA) is 41.6 Å². The van der Waals surface area contributed by atoms with Crippen molar-refractivity contribution in [2.24, 2.45) is 5.41 Å². The summed E-state index contributed by atoms with van der Waals surface area (Å²) in [7, 11) is 0. The van der Waals surface area contributed by atoms with Crippen molar-refractivity contribution >= 4 is 5.91 Å². The zero-order chi connectivity index (χ0) is 15.0. The molecule has 1 aliphatic heterocycles. The van der Waals surface area contributed by atoms with Crippen molar-refractivity contribution < 1.29 is 9.53 Å². The van der Waals surface area contributed by atoms with Gasteiger partial charge in [-0.05, 0) is 65.0 Å². The molecular formula is C16H32N2O2. The molecule has 0 aliphatic carbocycles. The number of nitrogens with one attached hydrogen (secondary N) is 1. The summed E-state index contributed by atoms with van der Waals surface area (Å²) in [6.45, 7) is 12.7. The van der Waals surface area contributed by atoms with E-state index in [2.05, 4.69) is 31.0 Å². The Kier molecular flexibility index (Phi) is 7.52. The third kappa shape index (κ3) is 6.71. The van der Waals surface area contributed by atoms with Crippen LogP contribution in [0.5, 0.6) is 0 Å². The number of carbonyl (C=O) groups excluding carboxylic acids is 1. The van der Waals surface area contributed by atoms with E-state index in [1.54, 1.807) is 0 Å². The van der Waals surface area contributed by atoms with E-state index in [1.165, 1.54) is 19.3 Å². The van der Waals surface area contributed by atoms with Crippen molar-refractivity contribution in [3.63, 3.8) is 0 Å². The van der Waals surface area contributed by atoms with Gasteiger partial charge in [0.05, 0.1) is 12.6 Å². The Hall–Kier alpha value is -0.610. The van der Waals surface area contributed by atoms with Gasteiger partial charge in [0.25, 0.3) is 0 Å². The van der Waals surface area contributed by atoms with Crippen LogP contribution in [0.3, 0.4) is 0 Å². The highest BCUT2D eigenvalue weighted by molar-refractivity contribution is 5.77. The summed E-state index contributed by atoms with van der Waals surface area (Å²) in [5.74, 6) is 0.154. The minimum atomic E-state index is 0.154. The van der Waals surface area contributed by atoms with Gasteiger partial charge in [-0.1, -0.05) is 6.92 Å². The van der Waals surface area contributed by atoms with E-state index >= 15 is 0 Å².